The van der Waals surface area contributed by atoms with Crippen LogP contribution in [0.25, 0.3) is 22.0 Å². The highest BCUT2D eigenvalue weighted by Gasteiger charge is 2.45. The lowest BCUT2D eigenvalue weighted by Crippen LogP contribution is -2.46. The molecule has 5 rings (SSSR count). The summed E-state index contributed by atoms with van der Waals surface area (Å²) in [5.74, 6) is -2.47. The molecule has 0 spiro atoms. The molecule has 1 unspecified atom stereocenters. The number of ether oxygens (including phenoxy) is 2. The monoisotopic (exact) mass is 452 g/mol. The number of piperidine rings is 1. The van der Waals surface area contributed by atoms with Crippen molar-refractivity contribution in [2.75, 3.05) is 19.7 Å². The largest absolute Gasteiger partial charge is 0.490 e. The Morgan fingerprint density at radius 1 is 1.12 bits per heavy atom. The van der Waals surface area contributed by atoms with Gasteiger partial charge in [0.25, 0.3) is 11.8 Å². The number of carbonyl (C=O) groups is 1. The molecule has 33 heavy (non-hydrogen) atoms. The van der Waals surface area contributed by atoms with E-state index in [1.807, 2.05) is 36.5 Å². The van der Waals surface area contributed by atoms with Gasteiger partial charge in [0, 0.05) is 43.9 Å². The van der Waals surface area contributed by atoms with E-state index in [4.69, 9.17) is 9.47 Å². The molecule has 1 atom stereocenters. The third-order valence-electron chi connectivity index (χ3n) is 6.50. The maximum absolute atomic E-state index is 13.3. The summed E-state index contributed by atoms with van der Waals surface area (Å²) in [4.78, 5) is 18.6. The highest BCUT2D eigenvalue weighted by atomic mass is 19.3. The van der Waals surface area contributed by atoms with Crippen molar-refractivity contribution < 1.29 is 23.0 Å². The summed E-state index contributed by atoms with van der Waals surface area (Å²) in [6.45, 7) is 2.38. The smallest absolute Gasteiger partial charge is 0.274 e. The average Bonchev–Trinajstić information content (AvgIpc) is 3.20. The molecule has 0 aliphatic carbocycles. The van der Waals surface area contributed by atoms with Crippen molar-refractivity contribution in [3.63, 3.8) is 0 Å². The summed E-state index contributed by atoms with van der Waals surface area (Å²) in [6.07, 6.45) is 1.56. The number of fused-ring (bicyclic) bond motifs is 1. The predicted octanol–water partition coefficient (Wildman–Crippen LogP) is 5.00. The number of nitrogens with zero attached hydrogens (tertiary/aromatic N) is 2. The summed E-state index contributed by atoms with van der Waals surface area (Å²) >= 11 is 0. The van der Waals surface area contributed by atoms with Gasteiger partial charge in [0.1, 0.15) is 24.6 Å². The molecule has 0 saturated carbocycles. The standard InChI is InChI=1S/C26H26F2N2O3/c1-17-22(9-6-19-3-2-12-29-24(17)19)18-4-7-20(8-5-18)33-21-10-13-30(14-11-21)25(31)23-15-26(27,28)16-32-23/h2-9,12,21,23H,10-11,13-16H2,1H3. The SMILES string of the molecule is Cc1c(-c2ccc(OC3CCN(C(=O)C4CC(F)(F)CO4)CC3)cc2)ccc2cccnc12. The zero-order valence-corrected chi connectivity index (χ0v) is 18.5. The minimum atomic E-state index is -2.91. The lowest BCUT2D eigenvalue weighted by atomic mass is 9.98. The van der Waals surface area contributed by atoms with Crippen LogP contribution in [0.1, 0.15) is 24.8 Å². The van der Waals surface area contributed by atoms with Crippen molar-refractivity contribution in [1.29, 1.82) is 0 Å². The van der Waals surface area contributed by atoms with Crippen molar-refractivity contribution in [3.8, 4) is 16.9 Å². The first-order valence-corrected chi connectivity index (χ1v) is 11.3. The Morgan fingerprint density at radius 3 is 2.58 bits per heavy atom. The van der Waals surface area contributed by atoms with Crippen LogP contribution in [0.2, 0.25) is 0 Å². The summed E-state index contributed by atoms with van der Waals surface area (Å²) in [5.41, 5.74) is 4.38. The highest BCUT2D eigenvalue weighted by Crippen LogP contribution is 2.32. The number of pyridine rings is 1. The third kappa shape index (κ3) is 4.55. The number of halogens is 2. The van der Waals surface area contributed by atoms with Crippen LogP contribution >= 0.6 is 0 Å². The van der Waals surface area contributed by atoms with Gasteiger partial charge in [0.05, 0.1) is 5.52 Å². The Morgan fingerprint density at radius 2 is 1.88 bits per heavy atom. The Hall–Kier alpha value is -3.06. The fourth-order valence-corrected chi connectivity index (χ4v) is 4.68. The third-order valence-corrected chi connectivity index (χ3v) is 6.50. The van der Waals surface area contributed by atoms with E-state index in [9.17, 15) is 13.6 Å². The minimum Gasteiger partial charge on any atom is -0.490 e. The molecule has 7 heteroatoms. The first-order chi connectivity index (χ1) is 15.9. The van der Waals surface area contributed by atoms with E-state index in [0.29, 0.717) is 25.9 Å². The van der Waals surface area contributed by atoms with E-state index in [0.717, 1.165) is 33.3 Å². The number of benzene rings is 2. The molecule has 1 amide bonds. The van der Waals surface area contributed by atoms with Crippen LogP contribution in [0.5, 0.6) is 5.75 Å². The topological polar surface area (TPSA) is 51.7 Å². The number of likely N-dealkylation sites (tertiary alicyclic amines) is 1. The number of hydrogen-bond donors (Lipinski definition) is 0. The molecule has 2 aliphatic heterocycles. The maximum Gasteiger partial charge on any atom is 0.274 e. The van der Waals surface area contributed by atoms with Gasteiger partial charge in [-0.1, -0.05) is 30.3 Å². The van der Waals surface area contributed by atoms with Crippen LogP contribution in [0.3, 0.4) is 0 Å². The molecular formula is C26H26F2N2O3. The normalized spacial score (nSPS) is 20.8. The van der Waals surface area contributed by atoms with Gasteiger partial charge in [-0.05, 0) is 41.8 Å². The second-order valence-electron chi connectivity index (χ2n) is 8.84. The minimum absolute atomic E-state index is 0.0163. The Labute approximate surface area is 191 Å². The van der Waals surface area contributed by atoms with Crippen LogP contribution < -0.4 is 4.74 Å². The summed E-state index contributed by atoms with van der Waals surface area (Å²) in [7, 11) is 0. The van der Waals surface area contributed by atoms with Gasteiger partial charge in [-0.25, -0.2) is 8.78 Å². The fourth-order valence-electron chi connectivity index (χ4n) is 4.68. The number of aryl methyl sites for hydroxylation is 1. The molecule has 3 aromatic rings. The molecule has 0 radical (unpaired) electrons. The Balaban J connectivity index is 1.19. The van der Waals surface area contributed by atoms with E-state index in [-0.39, 0.29) is 12.0 Å². The van der Waals surface area contributed by atoms with Gasteiger partial charge < -0.3 is 14.4 Å². The second-order valence-corrected chi connectivity index (χ2v) is 8.84. The zero-order valence-electron chi connectivity index (χ0n) is 18.5. The zero-order chi connectivity index (χ0) is 23.0. The lowest BCUT2D eigenvalue weighted by molar-refractivity contribution is -0.142. The van der Waals surface area contributed by atoms with E-state index < -0.39 is 25.1 Å². The van der Waals surface area contributed by atoms with Crippen molar-refractivity contribution in [2.24, 2.45) is 0 Å². The van der Waals surface area contributed by atoms with Gasteiger partial charge in [-0.15, -0.1) is 0 Å². The van der Waals surface area contributed by atoms with Gasteiger partial charge >= 0.3 is 0 Å². The van der Waals surface area contributed by atoms with Crippen molar-refractivity contribution in [1.82, 2.24) is 9.88 Å². The van der Waals surface area contributed by atoms with Crippen LogP contribution in [0.15, 0.2) is 54.7 Å². The quantitative estimate of drug-likeness (QED) is 0.559. The number of aromatic nitrogens is 1. The van der Waals surface area contributed by atoms with Gasteiger partial charge in [-0.3, -0.25) is 9.78 Å². The summed E-state index contributed by atoms with van der Waals surface area (Å²) in [5, 5.41) is 1.12. The van der Waals surface area contributed by atoms with Crippen LogP contribution in [-0.2, 0) is 9.53 Å². The molecule has 2 aromatic carbocycles. The molecule has 2 aliphatic rings. The van der Waals surface area contributed by atoms with Crippen molar-refractivity contribution in [2.45, 2.75) is 44.3 Å². The number of alkyl halides is 2. The first-order valence-electron chi connectivity index (χ1n) is 11.3. The number of carbonyl (C=O) groups excluding carboxylic acids is 1. The number of hydrogen-bond acceptors (Lipinski definition) is 4. The van der Waals surface area contributed by atoms with Crippen molar-refractivity contribution >= 4 is 16.8 Å². The van der Waals surface area contributed by atoms with Gasteiger partial charge in [-0.2, -0.15) is 0 Å². The fraction of sp³-hybridized carbons (Fsp3) is 0.385. The average molecular weight is 453 g/mol. The summed E-state index contributed by atoms with van der Waals surface area (Å²) in [6, 6.07) is 16.2. The van der Waals surface area contributed by atoms with Crippen LogP contribution in [0, 0.1) is 6.92 Å². The molecule has 2 fully saturated rings. The number of rotatable bonds is 4. The van der Waals surface area contributed by atoms with Crippen LogP contribution in [0.4, 0.5) is 8.78 Å². The van der Waals surface area contributed by atoms with Crippen molar-refractivity contribution in [3.05, 3.63) is 60.3 Å². The van der Waals surface area contributed by atoms with E-state index in [1.54, 1.807) is 4.90 Å². The van der Waals surface area contributed by atoms with E-state index >= 15 is 0 Å². The maximum atomic E-state index is 13.3. The molecule has 5 nitrogen and oxygen atoms in total. The van der Waals surface area contributed by atoms with E-state index in [1.165, 1.54) is 0 Å². The van der Waals surface area contributed by atoms with Gasteiger partial charge in [0.15, 0.2) is 0 Å². The lowest BCUT2D eigenvalue weighted by Gasteiger charge is -2.33. The Bertz CT molecular complexity index is 1160. The molecule has 0 N–H and O–H groups in total. The molecular weight excluding hydrogens is 426 g/mol. The van der Waals surface area contributed by atoms with E-state index in [2.05, 4.69) is 30.1 Å². The second kappa shape index (κ2) is 8.71. The molecule has 3 heterocycles. The van der Waals surface area contributed by atoms with Crippen LogP contribution in [-0.4, -0.2) is 53.6 Å². The first kappa shape index (κ1) is 21.8. The summed E-state index contributed by atoms with van der Waals surface area (Å²) < 4.78 is 37.8. The predicted molar refractivity (Wildman–Crippen MR) is 121 cm³/mol. The molecule has 172 valence electrons. The number of amides is 1. The molecule has 1 aromatic heterocycles. The highest BCUT2D eigenvalue weighted by molar-refractivity contribution is 5.88. The molecule has 2 saturated heterocycles. The molecule has 0 bridgehead atoms. The van der Waals surface area contributed by atoms with Gasteiger partial charge in [0.2, 0.25) is 0 Å². The Kier molecular flexibility index (Phi) is 5.74.